The quantitative estimate of drug-likeness (QED) is 0.0324. The maximum absolute atomic E-state index is 15.9. The molecule has 19 nitrogen and oxygen atoms in total. The standard InChI is InChI=1S/C65H73ClF10N7O12PS2/c1-34-23-36(28-49(86)92-58(2,3)4)52(46(24-34)93-96(87,94-59(5,6)7)95-60(8,9)10)61(11,12)31-48(85)83(98(16,90)91)57-51-44(66)20-19-41(54(51)82(80-57)33-63(69,70)71)40-18-17-39(21-22-62(13,14)97(15,88)89)77-53(40)45(27-35-25-37(67)29-38(68)26-35)78-47(84)32-81-56-50(55(79-81)65(74,75)76)42-30-43(42)64(56,72)73/h17-20,23-26,29,42-43,45H,27-28,30-33H2,1-16H3,(H,78,84)/t42-,43+,45-/m0/s1. The number of esters is 1. The molecular weight excluding hydrogens is 1390 g/mol. The lowest BCUT2D eigenvalue weighted by atomic mass is 9.77. The van der Waals surface area contributed by atoms with E-state index in [4.69, 9.17) is 29.9 Å². The summed E-state index contributed by atoms with van der Waals surface area (Å²) in [7, 11) is -13.8. The molecule has 33 heteroatoms. The molecule has 98 heavy (non-hydrogen) atoms. The Labute approximate surface area is 565 Å². The van der Waals surface area contributed by atoms with Crippen LogP contribution in [0.15, 0.2) is 54.6 Å². The van der Waals surface area contributed by atoms with Gasteiger partial charge < -0.3 is 14.6 Å². The van der Waals surface area contributed by atoms with Gasteiger partial charge in [0, 0.05) is 52.3 Å². The second-order valence-electron chi connectivity index (χ2n) is 28.5. The number of anilines is 1. The average Bonchev–Trinajstić information content (AvgIpc) is 1.52. The van der Waals surface area contributed by atoms with Crippen molar-refractivity contribution < 1.29 is 98.0 Å². The smallest absolute Gasteiger partial charge is 0.460 e. The zero-order chi connectivity index (χ0) is 73.8. The minimum absolute atomic E-state index is 0.0385. The summed E-state index contributed by atoms with van der Waals surface area (Å²) < 4.78 is 243. The number of fused-ring (bicyclic) bond motifs is 4. The predicted octanol–water partition coefficient (Wildman–Crippen LogP) is 14.3. The highest BCUT2D eigenvalue weighted by Crippen LogP contribution is 2.68. The number of benzene rings is 3. The minimum atomic E-state index is -5.27. The van der Waals surface area contributed by atoms with Gasteiger partial charge in [0.2, 0.25) is 21.8 Å². The van der Waals surface area contributed by atoms with E-state index in [1.54, 1.807) is 69.2 Å². The van der Waals surface area contributed by atoms with Crippen molar-refractivity contribution >= 4 is 73.8 Å². The summed E-state index contributed by atoms with van der Waals surface area (Å²) in [5.41, 5.74) is -11.1. The van der Waals surface area contributed by atoms with E-state index in [0.29, 0.717) is 17.9 Å². The Morgan fingerprint density at radius 2 is 1.41 bits per heavy atom. The van der Waals surface area contributed by atoms with E-state index in [-0.39, 0.29) is 53.8 Å². The lowest BCUT2D eigenvalue weighted by Gasteiger charge is -2.34. The first-order valence-corrected chi connectivity index (χ1v) is 35.9. The molecule has 2 aliphatic carbocycles. The zero-order valence-corrected chi connectivity index (χ0v) is 59.5. The molecule has 0 radical (unpaired) electrons. The Kier molecular flexibility index (Phi) is 20.4. The highest BCUT2D eigenvalue weighted by Gasteiger charge is 2.68. The molecule has 0 spiro atoms. The van der Waals surface area contributed by atoms with E-state index in [1.165, 1.54) is 39.8 Å². The van der Waals surface area contributed by atoms with Gasteiger partial charge in [0.05, 0.1) is 51.5 Å². The minimum Gasteiger partial charge on any atom is -0.460 e. The fourth-order valence-electron chi connectivity index (χ4n) is 11.6. The van der Waals surface area contributed by atoms with Gasteiger partial charge in [-0.25, -0.2) is 35.2 Å². The molecule has 2 amide bonds. The van der Waals surface area contributed by atoms with E-state index in [9.17, 15) is 44.2 Å². The summed E-state index contributed by atoms with van der Waals surface area (Å²) in [6.07, 6.45) is -11.7. The molecule has 8 rings (SSSR count). The van der Waals surface area contributed by atoms with Crippen molar-refractivity contribution in [2.75, 3.05) is 16.8 Å². The zero-order valence-electron chi connectivity index (χ0n) is 56.2. The van der Waals surface area contributed by atoms with Gasteiger partial charge in [0.25, 0.3) is 5.92 Å². The van der Waals surface area contributed by atoms with Gasteiger partial charge in [-0.2, -0.15) is 49.6 Å². The number of rotatable bonds is 20. The van der Waals surface area contributed by atoms with Crippen LogP contribution >= 0.6 is 19.4 Å². The van der Waals surface area contributed by atoms with E-state index in [0.717, 1.165) is 42.7 Å². The van der Waals surface area contributed by atoms with Crippen LogP contribution in [0, 0.1) is 36.3 Å². The number of nitrogens with zero attached hydrogens (tertiary/aromatic N) is 6. The monoisotopic (exact) mass is 1460 g/mol. The molecular formula is C65H73ClF10N7O12PS2. The topological polar surface area (TPSA) is 237 Å². The number of nitrogens with one attached hydrogen (secondary N) is 1. The summed E-state index contributed by atoms with van der Waals surface area (Å²) in [4.78, 5) is 48.4. The van der Waals surface area contributed by atoms with Gasteiger partial charge in [-0.3, -0.25) is 32.8 Å². The molecule has 3 aromatic carbocycles. The van der Waals surface area contributed by atoms with Gasteiger partial charge in [0.1, 0.15) is 52.2 Å². The number of aromatic nitrogens is 5. The first-order chi connectivity index (χ1) is 44.4. The number of amides is 2. The van der Waals surface area contributed by atoms with Gasteiger partial charge >= 0.3 is 26.1 Å². The number of sulfone groups is 1. The lowest BCUT2D eigenvalue weighted by Crippen LogP contribution is -2.40. The summed E-state index contributed by atoms with van der Waals surface area (Å²) in [5, 5.41) is 8.81. The largest absolute Gasteiger partial charge is 0.531 e. The van der Waals surface area contributed by atoms with Crippen LogP contribution in [0.5, 0.6) is 5.75 Å². The van der Waals surface area contributed by atoms with E-state index in [2.05, 4.69) is 32.3 Å². The number of aryl methyl sites for hydroxylation is 1. The van der Waals surface area contributed by atoms with Crippen molar-refractivity contribution in [3.63, 3.8) is 0 Å². The Morgan fingerprint density at radius 1 is 0.816 bits per heavy atom. The summed E-state index contributed by atoms with van der Waals surface area (Å²) >= 11 is 6.95. The third-order valence-electron chi connectivity index (χ3n) is 15.4. The third-order valence-corrected chi connectivity index (χ3v) is 20.7. The van der Waals surface area contributed by atoms with Crippen molar-refractivity contribution in [1.82, 2.24) is 29.9 Å². The number of halogens is 11. The number of phosphoric ester groups is 1. The molecule has 1 saturated carbocycles. The van der Waals surface area contributed by atoms with Crippen LogP contribution in [-0.4, -0.2) is 99.4 Å². The van der Waals surface area contributed by atoms with Crippen molar-refractivity contribution in [2.24, 2.45) is 5.92 Å². The Morgan fingerprint density at radius 3 is 1.95 bits per heavy atom. The van der Waals surface area contributed by atoms with Gasteiger partial charge in [-0.15, -0.1) is 0 Å². The number of sulfonamides is 1. The molecule has 3 aromatic heterocycles. The van der Waals surface area contributed by atoms with E-state index < -0.39 is 203 Å². The second-order valence-corrected chi connectivity index (χ2v) is 34.8. The first kappa shape index (κ1) is 76.7. The van der Waals surface area contributed by atoms with Crippen molar-refractivity contribution in [3.05, 3.63) is 122 Å². The Hall–Kier alpha value is -7.10. The van der Waals surface area contributed by atoms with Crippen LogP contribution < -0.4 is 14.1 Å². The number of carbonyl (C=O) groups excluding carboxylic acids is 3. The molecule has 6 aromatic rings. The summed E-state index contributed by atoms with van der Waals surface area (Å²) in [5.74, 6) is -8.76. The summed E-state index contributed by atoms with van der Waals surface area (Å²) in [6.45, 7) is 17.7. The van der Waals surface area contributed by atoms with Crippen LogP contribution in [0.2, 0.25) is 5.02 Å². The van der Waals surface area contributed by atoms with Crippen molar-refractivity contribution in [2.45, 2.75) is 193 Å². The number of hydrogen-bond acceptors (Lipinski definition) is 15. The van der Waals surface area contributed by atoms with Crippen molar-refractivity contribution in [3.8, 4) is 28.7 Å². The molecule has 0 unspecified atom stereocenters. The predicted molar refractivity (Wildman–Crippen MR) is 343 cm³/mol. The van der Waals surface area contributed by atoms with E-state index in [1.807, 2.05) is 0 Å². The molecule has 3 heterocycles. The lowest BCUT2D eigenvalue weighted by molar-refractivity contribution is -0.154. The van der Waals surface area contributed by atoms with Crippen LogP contribution in [0.4, 0.5) is 49.7 Å². The maximum atomic E-state index is 15.9. The number of phosphoric acid groups is 1. The Balaban J connectivity index is 1.36. The number of alkyl halides is 8. The van der Waals surface area contributed by atoms with Crippen LogP contribution in [0.1, 0.15) is 165 Å². The highest BCUT2D eigenvalue weighted by molar-refractivity contribution is 7.93. The van der Waals surface area contributed by atoms with Gasteiger partial charge in [0.15, 0.2) is 21.3 Å². The molecule has 3 atom stereocenters. The highest BCUT2D eigenvalue weighted by atomic mass is 35.5. The maximum Gasteiger partial charge on any atom is 0.531 e. The molecule has 2 aliphatic rings. The first-order valence-electron chi connectivity index (χ1n) is 30.3. The normalized spacial score (nSPS) is 16.4. The molecule has 0 saturated heterocycles. The molecule has 1 fully saturated rings. The summed E-state index contributed by atoms with van der Waals surface area (Å²) in [6, 6.07) is 7.53. The van der Waals surface area contributed by atoms with Crippen LogP contribution in [0.25, 0.3) is 22.0 Å². The number of ether oxygens (including phenoxy) is 1. The molecule has 534 valence electrons. The third kappa shape index (κ3) is 17.5. The fourth-order valence-corrected chi connectivity index (χ4v) is 14.8. The fraction of sp³-hybridized carbons (Fsp3) is 0.508. The second kappa shape index (κ2) is 26.1. The Bertz CT molecular complexity index is 4520. The average molecular weight is 1460 g/mol. The van der Waals surface area contributed by atoms with Crippen LogP contribution in [-0.2, 0) is 96.0 Å². The molecule has 0 aliphatic heterocycles. The van der Waals surface area contributed by atoms with Crippen LogP contribution in [0.3, 0.4) is 0 Å². The number of pyridine rings is 1. The number of hydrogen-bond donors (Lipinski definition) is 1. The van der Waals surface area contributed by atoms with Gasteiger partial charge in [-0.05, 0) is 161 Å². The van der Waals surface area contributed by atoms with Crippen molar-refractivity contribution in [1.29, 1.82) is 0 Å². The molecule has 0 bridgehead atoms. The van der Waals surface area contributed by atoms with E-state index >= 15 is 35.5 Å². The van der Waals surface area contributed by atoms with Gasteiger partial charge in [-0.1, -0.05) is 43.5 Å². The number of carbonyl (C=O) groups is 3. The SMILES string of the molecule is Cc1cc(CC(=O)OC(C)(C)C)c(C(C)(C)CC(=O)N(c2nn(CC(F)(F)F)c3c(-c4ccc(C#CC(C)(C)S(C)(=O)=O)nc4[C@H](Cc4cc(F)cc(F)c4)NC(=O)Cn4nc(C(F)(F)F)c5c4C(F)(F)[C@@H]4C[C@H]54)ccc(Cl)c23)S(C)(=O)=O)c(OP(=O)(OC(C)(C)C)OC(C)(C)C)c1. The molecule has 1 N–H and O–H groups in total.